The maximum atomic E-state index is 12.8. The molecule has 5 nitrogen and oxygen atoms in total. The second-order valence-electron chi connectivity index (χ2n) is 6.65. The van der Waals surface area contributed by atoms with Gasteiger partial charge in [-0.2, -0.15) is 0 Å². The van der Waals surface area contributed by atoms with E-state index in [1.54, 1.807) is 0 Å². The Hall–Kier alpha value is -1.75. The summed E-state index contributed by atoms with van der Waals surface area (Å²) in [5.41, 5.74) is 1.07. The molecule has 1 atom stereocenters. The quantitative estimate of drug-likeness (QED) is 0.836. The van der Waals surface area contributed by atoms with Gasteiger partial charge in [0.1, 0.15) is 13.2 Å². The second kappa shape index (κ2) is 7.21. The number of carbonyl (C=O) groups is 1. The minimum Gasteiger partial charge on any atom is -0.486 e. The topological polar surface area (TPSA) is 48.0 Å². The third-order valence-electron chi connectivity index (χ3n) is 4.16. The molecule has 1 fully saturated rings. The third-order valence-corrected chi connectivity index (χ3v) is 4.16. The lowest BCUT2D eigenvalue weighted by atomic mass is 10.1. The lowest BCUT2D eigenvalue weighted by molar-refractivity contribution is -0.136. The predicted octanol–water partition coefficient (Wildman–Crippen LogP) is 2.48. The van der Waals surface area contributed by atoms with Crippen molar-refractivity contribution < 1.29 is 19.0 Å². The van der Waals surface area contributed by atoms with Crippen molar-refractivity contribution in [2.75, 3.05) is 33.0 Å². The minimum absolute atomic E-state index is 0.00552. The molecule has 2 heterocycles. The molecule has 0 spiro atoms. The minimum atomic E-state index is 0.00552. The van der Waals surface area contributed by atoms with Gasteiger partial charge in [-0.25, -0.2) is 0 Å². The molecule has 0 N–H and O–H groups in total. The fraction of sp³-hybridized carbons (Fsp3) is 0.611. The SMILES string of the molecule is CC(C)CN(Cc1ccc2c(c1)OCCO2)C(=O)[C@H]1CCOC1. The van der Waals surface area contributed by atoms with E-state index in [1.807, 2.05) is 23.1 Å². The summed E-state index contributed by atoms with van der Waals surface area (Å²) in [7, 11) is 0. The zero-order chi connectivity index (χ0) is 16.2. The maximum Gasteiger partial charge on any atom is 0.228 e. The van der Waals surface area contributed by atoms with Crippen molar-refractivity contribution >= 4 is 5.91 Å². The molecule has 1 saturated heterocycles. The molecule has 0 saturated carbocycles. The van der Waals surface area contributed by atoms with Gasteiger partial charge in [-0.1, -0.05) is 19.9 Å². The normalized spacial score (nSPS) is 19.9. The van der Waals surface area contributed by atoms with Gasteiger partial charge in [-0.05, 0) is 30.0 Å². The van der Waals surface area contributed by atoms with Crippen LogP contribution in [0.15, 0.2) is 18.2 Å². The number of carbonyl (C=O) groups excluding carboxylic acids is 1. The van der Waals surface area contributed by atoms with Gasteiger partial charge in [0, 0.05) is 19.7 Å². The average Bonchev–Trinajstić information content (AvgIpc) is 3.07. The first-order valence-electron chi connectivity index (χ1n) is 8.38. The molecule has 23 heavy (non-hydrogen) atoms. The Kier molecular flexibility index (Phi) is 5.06. The van der Waals surface area contributed by atoms with Crippen molar-refractivity contribution in [1.29, 1.82) is 0 Å². The molecule has 126 valence electrons. The van der Waals surface area contributed by atoms with E-state index < -0.39 is 0 Å². The Labute approximate surface area is 137 Å². The van der Waals surface area contributed by atoms with Crippen LogP contribution in [-0.2, 0) is 16.1 Å². The molecule has 2 aliphatic rings. The van der Waals surface area contributed by atoms with E-state index in [0.717, 1.165) is 30.0 Å². The standard InChI is InChI=1S/C18H25NO4/c1-13(2)10-19(18(20)15-5-6-21-12-15)11-14-3-4-16-17(9-14)23-8-7-22-16/h3-4,9,13,15H,5-8,10-12H2,1-2H3/t15-/m0/s1. The average molecular weight is 319 g/mol. The van der Waals surface area contributed by atoms with Crippen LogP contribution in [0.3, 0.4) is 0 Å². The van der Waals surface area contributed by atoms with E-state index in [0.29, 0.717) is 38.9 Å². The number of hydrogen-bond donors (Lipinski definition) is 0. The van der Waals surface area contributed by atoms with E-state index in [2.05, 4.69) is 13.8 Å². The van der Waals surface area contributed by atoms with Crippen LogP contribution in [0.2, 0.25) is 0 Å². The summed E-state index contributed by atoms with van der Waals surface area (Å²) in [6, 6.07) is 5.93. The van der Waals surface area contributed by atoms with Crippen LogP contribution in [0.25, 0.3) is 0 Å². The van der Waals surface area contributed by atoms with Gasteiger partial charge < -0.3 is 19.1 Å². The molecule has 2 aliphatic heterocycles. The van der Waals surface area contributed by atoms with Crippen molar-refractivity contribution in [2.45, 2.75) is 26.8 Å². The molecular formula is C18H25NO4. The summed E-state index contributed by atoms with van der Waals surface area (Å²) in [6.45, 7) is 8.03. The fourth-order valence-electron chi connectivity index (χ4n) is 3.07. The summed E-state index contributed by atoms with van der Waals surface area (Å²) in [6.07, 6.45) is 0.828. The van der Waals surface area contributed by atoms with E-state index >= 15 is 0 Å². The van der Waals surface area contributed by atoms with Gasteiger partial charge in [0.25, 0.3) is 0 Å². The fourth-order valence-corrected chi connectivity index (χ4v) is 3.07. The van der Waals surface area contributed by atoms with Crippen molar-refractivity contribution in [3.8, 4) is 11.5 Å². The monoisotopic (exact) mass is 319 g/mol. The van der Waals surface area contributed by atoms with Crippen LogP contribution >= 0.6 is 0 Å². The zero-order valence-electron chi connectivity index (χ0n) is 13.9. The van der Waals surface area contributed by atoms with Gasteiger partial charge in [-0.3, -0.25) is 4.79 Å². The van der Waals surface area contributed by atoms with Gasteiger partial charge in [-0.15, -0.1) is 0 Å². The molecule has 0 bridgehead atoms. The molecular weight excluding hydrogens is 294 g/mol. The Bertz CT molecular complexity index is 552. The molecule has 5 heteroatoms. The molecule has 1 aromatic carbocycles. The number of nitrogens with zero attached hydrogens (tertiary/aromatic N) is 1. The van der Waals surface area contributed by atoms with Crippen LogP contribution in [0, 0.1) is 11.8 Å². The lowest BCUT2D eigenvalue weighted by Gasteiger charge is -2.27. The Balaban J connectivity index is 1.73. The van der Waals surface area contributed by atoms with Crippen molar-refractivity contribution in [2.24, 2.45) is 11.8 Å². The molecule has 0 unspecified atom stereocenters. The number of rotatable bonds is 5. The first kappa shape index (κ1) is 16.1. The summed E-state index contributed by atoms with van der Waals surface area (Å²) in [5.74, 6) is 2.19. The lowest BCUT2D eigenvalue weighted by Crippen LogP contribution is -2.38. The highest BCUT2D eigenvalue weighted by molar-refractivity contribution is 5.79. The van der Waals surface area contributed by atoms with Crippen LogP contribution in [0.5, 0.6) is 11.5 Å². The molecule has 0 aliphatic carbocycles. The number of hydrogen-bond acceptors (Lipinski definition) is 4. The van der Waals surface area contributed by atoms with Crippen molar-refractivity contribution in [1.82, 2.24) is 4.90 Å². The summed E-state index contributed by atoms with van der Waals surface area (Å²) < 4.78 is 16.6. The molecule has 0 aromatic heterocycles. The number of benzene rings is 1. The van der Waals surface area contributed by atoms with E-state index in [4.69, 9.17) is 14.2 Å². The third kappa shape index (κ3) is 3.96. The summed E-state index contributed by atoms with van der Waals surface area (Å²) in [4.78, 5) is 14.7. The van der Waals surface area contributed by atoms with Crippen molar-refractivity contribution in [3.05, 3.63) is 23.8 Å². The molecule has 0 radical (unpaired) electrons. The van der Waals surface area contributed by atoms with Gasteiger partial charge in [0.05, 0.1) is 12.5 Å². The van der Waals surface area contributed by atoms with Crippen LogP contribution in [-0.4, -0.2) is 43.8 Å². The summed E-state index contributed by atoms with van der Waals surface area (Å²) >= 11 is 0. The zero-order valence-corrected chi connectivity index (χ0v) is 13.9. The van der Waals surface area contributed by atoms with E-state index in [1.165, 1.54) is 0 Å². The van der Waals surface area contributed by atoms with E-state index in [9.17, 15) is 4.79 Å². The van der Waals surface area contributed by atoms with Crippen molar-refractivity contribution in [3.63, 3.8) is 0 Å². The number of ether oxygens (including phenoxy) is 3. The second-order valence-corrected chi connectivity index (χ2v) is 6.65. The summed E-state index contributed by atoms with van der Waals surface area (Å²) in [5, 5.41) is 0. The number of amides is 1. The van der Waals surface area contributed by atoms with Crippen LogP contribution in [0.1, 0.15) is 25.8 Å². The maximum absolute atomic E-state index is 12.8. The van der Waals surface area contributed by atoms with Crippen LogP contribution in [0.4, 0.5) is 0 Å². The highest BCUT2D eigenvalue weighted by Gasteiger charge is 2.28. The molecule has 1 aromatic rings. The first-order chi connectivity index (χ1) is 11.1. The number of fused-ring (bicyclic) bond motifs is 1. The smallest absolute Gasteiger partial charge is 0.228 e. The van der Waals surface area contributed by atoms with Gasteiger partial charge in [0.2, 0.25) is 5.91 Å². The van der Waals surface area contributed by atoms with Crippen LogP contribution < -0.4 is 9.47 Å². The van der Waals surface area contributed by atoms with E-state index in [-0.39, 0.29) is 11.8 Å². The first-order valence-corrected chi connectivity index (χ1v) is 8.38. The highest BCUT2D eigenvalue weighted by atomic mass is 16.6. The molecule has 3 rings (SSSR count). The van der Waals surface area contributed by atoms with Gasteiger partial charge in [0.15, 0.2) is 11.5 Å². The predicted molar refractivity (Wildman–Crippen MR) is 86.6 cm³/mol. The Morgan fingerprint density at radius 1 is 1.22 bits per heavy atom. The molecule has 1 amide bonds. The largest absolute Gasteiger partial charge is 0.486 e. The van der Waals surface area contributed by atoms with Gasteiger partial charge >= 0.3 is 0 Å². The Morgan fingerprint density at radius 3 is 2.70 bits per heavy atom. The Morgan fingerprint density at radius 2 is 2.00 bits per heavy atom. The highest BCUT2D eigenvalue weighted by Crippen LogP contribution is 2.31.